The molecule has 0 aliphatic carbocycles. The molecule has 0 amide bonds. The number of nitrogen functional groups attached to an aromatic ring is 1. The van der Waals surface area contributed by atoms with E-state index in [2.05, 4.69) is 20.7 Å². The molecule has 14 heteroatoms. The first-order valence-corrected chi connectivity index (χ1v) is 15.3. The summed E-state index contributed by atoms with van der Waals surface area (Å²) in [6.07, 6.45) is -0.965. The van der Waals surface area contributed by atoms with Gasteiger partial charge in [-0.3, -0.25) is 4.52 Å². The molecule has 42 heavy (non-hydrogen) atoms. The Morgan fingerprint density at radius 1 is 1.24 bits per heavy atom. The summed E-state index contributed by atoms with van der Waals surface area (Å²) in [7, 11) is -4.27. The number of carbonyl (C=O) groups excluding carboxylic acids is 1. The van der Waals surface area contributed by atoms with Crippen molar-refractivity contribution in [1.82, 2.24) is 14.6 Å². The molecule has 1 aliphatic rings. The van der Waals surface area contributed by atoms with Crippen molar-refractivity contribution in [1.29, 1.82) is 0 Å². The summed E-state index contributed by atoms with van der Waals surface area (Å²) >= 11 is 0. The van der Waals surface area contributed by atoms with Crippen molar-refractivity contribution in [3.05, 3.63) is 59.3 Å². The van der Waals surface area contributed by atoms with E-state index in [-0.39, 0.29) is 24.1 Å². The molecular formula is C28H37N5O8P+. The Labute approximate surface area is 243 Å². The third kappa shape index (κ3) is 6.75. The van der Waals surface area contributed by atoms with Gasteiger partial charge in [-0.05, 0) is 37.1 Å². The maximum absolute atomic E-state index is 13.8. The summed E-state index contributed by atoms with van der Waals surface area (Å²) in [5.74, 6) is 2.45. The standard InChI is InChI=1S/C28H37N5O8P/c1-5-19(6-2)14-38-27(36)18(3)31-17-42(37,41-20-10-8-7-9-11-20)39-15-22-24(34)25(35)28(4,40-22)23-13-12-21-26(29)30-16-32-33(21)23/h7-13,16,18-19,22,24-25,34-35H,5-6,14-15H2,1-4H3,(H2,29,30,32)/q+1/t18-,22+,24+,25+,28-,42?/m0/s1. The Hall–Kier alpha value is -3.53. The van der Waals surface area contributed by atoms with Gasteiger partial charge < -0.3 is 29.9 Å². The predicted molar refractivity (Wildman–Crippen MR) is 154 cm³/mol. The number of benzene rings is 1. The van der Waals surface area contributed by atoms with Crippen LogP contribution in [0.1, 0.15) is 46.2 Å². The first kappa shape index (κ1) is 31.4. The summed E-state index contributed by atoms with van der Waals surface area (Å²) < 4.78 is 38.0. The number of anilines is 1. The van der Waals surface area contributed by atoms with Gasteiger partial charge in [-0.1, -0.05) is 49.7 Å². The zero-order valence-electron chi connectivity index (χ0n) is 24.0. The van der Waals surface area contributed by atoms with Crippen LogP contribution < -0.4 is 10.3 Å². The Morgan fingerprint density at radius 3 is 2.64 bits per heavy atom. The van der Waals surface area contributed by atoms with Crippen molar-refractivity contribution in [2.45, 2.75) is 70.5 Å². The third-order valence-electron chi connectivity index (χ3n) is 7.36. The van der Waals surface area contributed by atoms with Gasteiger partial charge >= 0.3 is 25.4 Å². The zero-order valence-corrected chi connectivity index (χ0v) is 24.9. The van der Waals surface area contributed by atoms with Crippen LogP contribution in [-0.4, -0.2) is 68.3 Å². The Kier molecular flexibility index (Phi) is 9.86. The van der Waals surface area contributed by atoms with Crippen molar-refractivity contribution in [3.63, 3.8) is 0 Å². The van der Waals surface area contributed by atoms with Gasteiger partial charge in [0.05, 0.1) is 18.9 Å². The van der Waals surface area contributed by atoms with Crippen molar-refractivity contribution < 1.29 is 38.1 Å². The second-order valence-electron chi connectivity index (χ2n) is 10.3. The predicted octanol–water partition coefficient (Wildman–Crippen LogP) is 3.59. The molecule has 3 aromatic rings. The molecule has 6 atom stereocenters. The number of nitrogens with zero attached hydrogens (tertiary/aromatic N) is 4. The van der Waals surface area contributed by atoms with Gasteiger partial charge in [0.15, 0.2) is 5.82 Å². The molecule has 1 fully saturated rings. The third-order valence-corrected chi connectivity index (χ3v) is 8.66. The van der Waals surface area contributed by atoms with Crippen LogP contribution in [0.15, 0.2) is 48.8 Å². The van der Waals surface area contributed by atoms with Crippen LogP contribution in [0.2, 0.25) is 0 Å². The van der Waals surface area contributed by atoms with Crippen molar-refractivity contribution >= 4 is 24.9 Å². The lowest BCUT2D eigenvalue weighted by atomic mass is 9.93. The second-order valence-corrected chi connectivity index (χ2v) is 11.9. The van der Waals surface area contributed by atoms with E-state index >= 15 is 0 Å². The van der Waals surface area contributed by atoms with Gasteiger partial charge in [0.1, 0.15) is 41.5 Å². The van der Waals surface area contributed by atoms with Gasteiger partial charge in [-0.15, -0.1) is 0 Å². The number of hydrogen-bond donors (Lipinski definition) is 3. The molecule has 4 rings (SSSR count). The minimum absolute atomic E-state index is 0.210. The first-order chi connectivity index (χ1) is 20.0. The number of aromatic nitrogens is 3. The average Bonchev–Trinajstić information content (AvgIpc) is 3.52. The van der Waals surface area contributed by atoms with Crippen LogP contribution in [0, 0.1) is 11.7 Å². The molecular weight excluding hydrogens is 565 g/mol. The number of aliphatic hydroxyl groups is 2. The van der Waals surface area contributed by atoms with E-state index in [0.717, 1.165) is 12.8 Å². The summed E-state index contributed by atoms with van der Waals surface area (Å²) in [5.41, 5.74) is 5.41. The zero-order chi connectivity index (χ0) is 30.5. The largest absolute Gasteiger partial charge is 0.530 e. The van der Waals surface area contributed by atoms with Crippen molar-refractivity contribution in [2.75, 3.05) is 18.9 Å². The van der Waals surface area contributed by atoms with E-state index in [1.807, 2.05) is 13.8 Å². The molecule has 13 nitrogen and oxygen atoms in total. The number of ether oxygens (including phenoxy) is 2. The van der Waals surface area contributed by atoms with Crippen molar-refractivity contribution in [3.8, 4) is 11.6 Å². The highest BCUT2D eigenvalue weighted by Crippen LogP contribution is 2.49. The number of carbonyl (C=O) groups is 1. The number of rotatable bonds is 11. The Morgan fingerprint density at radius 2 is 1.95 bits per heavy atom. The smallest absolute Gasteiger partial charge is 0.460 e. The second kappa shape index (κ2) is 13.2. The Balaban J connectivity index is 1.52. The summed E-state index contributed by atoms with van der Waals surface area (Å²) in [6, 6.07) is 10.6. The van der Waals surface area contributed by atoms with Crippen LogP contribution in [0.3, 0.4) is 0 Å². The quantitative estimate of drug-likeness (QED) is 0.216. The summed E-state index contributed by atoms with van der Waals surface area (Å²) in [5, 5.41) is 26.1. The molecule has 4 N–H and O–H groups in total. The molecule has 1 aromatic carbocycles. The number of para-hydroxylation sites is 1. The summed E-state index contributed by atoms with van der Waals surface area (Å²) in [6.45, 7) is 6.90. The van der Waals surface area contributed by atoms with E-state index in [1.165, 1.54) is 17.8 Å². The van der Waals surface area contributed by atoms with Crippen molar-refractivity contribution in [2.24, 2.45) is 5.92 Å². The fraction of sp³-hybridized carbons (Fsp3) is 0.500. The highest BCUT2D eigenvalue weighted by atomic mass is 31.2. The first-order valence-electron chi connectivity index (χ1n) is 13.8. The highest BCUT2D eigenvalue weighted by Gasteiger charge is 2.54. The molecule has 1 aliphatic heterocycles. The summed E-state index contributed by atoms with van der Waals surface area (Å²) in [4.78, 5) is 20.4. The highest BCUT2D eigenvalue weighted by molar-refractivity contribution is 7.59. The van der Waals surface area contributed by atoms with Gasteiger partial charge in [-0.2, -0.15) is 5.10 Å². The lowest BCUT2D eigenvalue weighted by Crippen LogP contribution is -2.39. The SMILES string of the molecule is CCC(CC)COC(=O)[C@H](C)[N+]#CP(=O)(OC[C@H]1O[C@@](C)(c2ccc3c(N)ncnn23)[C@H](O)[C@@H]1O)Oc1ccccc1. The minimum Gasteiger partial charge on any atom is -0.460 e. The molecule has 3 heterocycles. The number of hydrogen-bond acceptors (Lipinski definition) is 11. The van der Waals surface area contributed by atoms with Crippen LogP contribution in [0.4, 0.5) is 5.82 Å². The maximum Gasteiger partial charge on any atom is 0.530 e. The number of nitrogens with two attached hydrogens (primary N) is 1. The van der Waals surface area contributed by atoms with Crippen LogP contribution in [-0.2, 0) is 29.0 Å². The van der Waals surface area contributed by atoms with Crippen LogP contribution in [0.5, 0.6) is 5.75 Å². The minimum atomic E-state index is -4.27. The van der Waals surface area contributed by atoms with Crippen LogP contribution >= 0.6 is 7.60 Å². The molecule has 1 saturated heterocycles. The van der Waals surface area contributed by atoms with Gasteiger partial charge in [-0.25, -0.2) is 18.9 Å². The van der Waals surface area contributed by atoms with E-state index in [1.54, 1.807) is 49.4 Å². The van der Waals surface area contributed by atoms with Crippen LogP contribution in [0.25, 0.3) is 10.4 Å². The number of fused-ring (bicyclic) bond motifs is 1. The molecule has 2 aromatic heterocycles. The van der Waals surface area contributed by atoms with Gasteiger partial charge in [0, 0.05) is 6.92 Å². The van der Waals surface area contributed by atoms with E-state index in [9.17, 15) is 19.6 Å². The van der Waals surface area contributed by atoms with E-state index in [0.29, 0.717) is 11.2 Å². The van der Waals surface area contributed by atoms with Gasteiger partial charge in [0.2, 0.25) is 0 Å². The molecule has 0 saturated carbocycles. The number of esters is 1. The monoisotopic (exact) mass is 602 g/mol. The lowest BCUT2D eigenvalue weighted by molar-refractivity contribution is -0.145. The normalized spacial score (nSPS) is 24.1. The average molecular weight is 603 g/mol. The molecule has 0 radical (unpaired) electrons. The lowest BCUT2D eigenvalue weighted by Gasteiger charge is -2.27. The number of aliphatic hydroxyl groups excluding tert-OH is 2. The van der Waals surface area contributed by atoms with E-state index < -0.39 is 50.1 Å². The Bertz CT molecular complexity index is 1490. The molecule has 0 bridgehead atoms. The molecule has 226 valence electrons. The molecule has 0 spiro atoms. The van der Waals surface area contributed by atoms with Gasteiger partial charge in [0.25, 0.3) is 0 Å². The fourth-order valence-electron chi connectivity index (χ4n) is 4.58. The fourth-order valence-corrected chi connectivity index (χ4v) is 5.79. The topological polar surface area (TPSA) is 172 Å². The maximum atomic E-state index is 13.8. The molecule has 1 unspecified atom stereocenters. The van der Waals surface area contributed by atoms with E-state index in [4.69, 9.17) is 24.3 Å².